The second-order valence-corrected chi connectivity index (χ2v) is 21.7. The maximum absolute atomic E-state index is 12.8. The minimum atomic E-state index is -4.63. The van der Waals surface area contributed by atoms with Crippen molar-refractivity contribution in [3.63, 3.8) is 0 Å². The number of likely N-dealkylation sites (N-methyl/N-ethyl adjacent to an activating group) is 1. The van der Waals surface area contributed by atoms with E-state index in [1.807, 2.05) is 21.1 Å². The molecule has 0 saturated heterocycles. The first-order chi connectivity index (χ1) is 34.0. The summed E-state index contributed by atoms with van der Waals surface area (Å²) in [5.74, 6) is -0.828. The van der Waals surface area contributed by atoms with Crippen LogP contribution >= 0.6 is 7.82 Å². The van der Waals surface area contributed by atoms with Gasteiger partial charge in [-0.25, -0.2) is 0 Å². The normalized spacial score (nSPS) is 13.9. The van der Waals surface area contributed by atoms with Crippen LogP contribution in [0.5, 0.6) is 0 Å². The third kappa shape index (κ3) is 54.8. The van der Waals surface area contributed by atoms with Crippen molar-refractivity contribution in [1.29, 1.82) is 0 Å². The number of rotatable bonds is 52. The molecule has 2 atom stereocenters. The molecule has 2 unspecified atom stereocenters. The van der Waals surface area contributed by atoms with Crippen LogP contribution in [0.25, 0.3) is 0 Å². The number of quaternary nitrogens is 1. The van der Waals surface area contributed by atoms with Crippen LogP contribution in [0.15, 0.2) is 72.9 Å². The molecule has 0 N–H and O–H groups in total. The Morgan fingerprint density at radius 2 is 0.814 bits per heavy atom. The fourth-order valence-corrected chi connectivity index (χ4v) is 8.57. The van der Waals surface area contributed by atoms with Crippen LogP contribution in [0.2, 0.25) is 0 Å². The van der Waals surface area contributed by atoms with Gasteiger partial charge in [0.1, 0.15) is 19.8 Å². The molecule has 0 aliphatic heterocycles. The highest BCUT2D eigenvalue weighted by atomic mass is 31.2. The minimum absolute atomic E-state index is 0.0306. The molecule has 0 aromatic heterocycles. The van der Waals surface area contributed by atoms with Crippen LogP contribution in [0, 0.1) is 0 Å². The topological polar surface area (TPSA) is 111 Å². The van der Waals surface area contributed by atoms with Gasteiger partial charge in [-0.3, -0.25) is 14.2 Å². The Bertz CT molecular complexity index is 1410. The number of carbonyl (C=O) groups is 2. The number of nitrogens with zero attached hydrogens (tertiary/aromatic N) is 1. The maximum atomic E-state index is 12.8. The molecule has 9 nitrogen and oxygen atoms in total. The van der Waals surface area contributed by atoms with Gasteiger partial charge in [-0.2, -0.15) is 0 Å². The van der Waals surface area contributed by atoms with Gasteiger partial charge in [0.2, 0.25) is 0 Å². The van der Waals surface area contributed by atoms with Crippen molar-refractivity contribution in [1.82, 2.24) is 0 Å². The molecule has 0 aliphatic rings. The zero-order chi connectivity index (χ0) is 51.3. The summed E-state index contributed by atoms with van der Waals surface area (Å²) in [7, 11) is 1.17. The Labute approximate surface area is 431 Å². The quantitative estimate of drug-likeness (QED) is 0.0195. The molecule has 406 valence electrons. The summed E-state index contributed by atoms with van der Waals surface area (Å²) in [5, 5.41) is 0. The summed E-state index contributed by atoms with van der Waals surface area (Å²) in [6.45, 7) is 4.12. The average molecular weight is 1000 g/mol. The standard InChI is InChI=1S/C60H108NO8P/c1-6-8-10-12-14-16-18-19-20-21-22-23-24-25-26-27-28-29-30-31-32-33-34-35-36-37-38-39-40-41-43-45-47-49-51-53-60(63)69-58(57-68-70(64,65)67-55-54-61(3,4)5)56-66-59(62)52-50-48-46-44-42-17-15-13-11-9-7-2/h8,10,14,16,19-20,22-23,25-26,28-29,58H,6-7,9,11-13,15,17-18,21,24,27,30-57H2,1-5H3/b10-8-,16-14-,20-19-,23-22-,26-25-,29-28-. The number of phosphoric ester groups is 1. The molecular formula is C60H108NO8P. The average Bonchev–Trinajstić information content (AvgIpc) is 3.32. The first-order valence-electron chi connectivity index (χ1n) is 28.6. The Morgan fingerprint density at radius 3 is 1.21 bits per heavy atom. The molecule has 0 aromatic rings. The lowest BCUT2D eigenvalue weighted by Crippen LogP contribution is -2.37. The van der Waals surface area contributed by atoms with Crippen LogP contribution in [0.4, 0.5) is 0 Å². The highest BCUT2D eigenvalue weighted by Crippen LogP contribution is 2.38. The van der Waals surface area contributed by atoms with Gasteiger partial charge in [0.05, 0.1) is 27.7 Å². The number of carbonyl (C=O) groups excluding carboxylic acids is 2. The first kappa shape index (κ1) is 67.5. The monoisotopic (exact) mass is 1000 g/mol. The summed E-state index contributed by atoms with van der Waals surface area (Å²) in [4.78, 5) is 37.7. The fourth-order valence-electron chi connectivity index (χ4n) is 7.84. The van der Waals surface area contributed by atoms with Gasteiger partial charge in [-0.15, -0.1) is 0 Å². The minimum Gasteiger partial charge on any atom is -0.756 e. The molecule has 0 aliphatic carbocycles. The number of hydrogen-bond donors (Lipinski definition) is 0. The van der Waals surface area contributed by atoms with E-state index in [0.29, 0.717) is 17.4 Å². The molecule has 0 bridgehead atoms. The molecule has 70 heavy (non-hydrogen) atoms. The summed E-state index contributed by atoms with van der Waals surface area (Å²) in [6, 6.07) is 0. The van der Waals surface area contributed by atoms with Crippen LogP contribution in [-0.4, -0.2) is 70.0 Å². The fraction of sp³-hybridized carbons (Fsp3) is 0.767. The van der Waals surface area contributed by atoms with E-state index in [1.54, 1.807) is 0 Å². The van der Waals surface area contributed by atoms with Gasteiger partial charge >= 0.3 is 11.9 Å². The molecule has 10 heteroatoms. The van der Waals surface area contributed by atoms with Crippen molar-refractivity contribution in [2.24, 2.45) is 0 Å². The van der Waals surface area contributed by atoms with Gasteiger partial charge in [0.25, 0.3) is 7.82 Å². The summed E-state index contributed by atoms with van der Waals surface area (Å²) in [6.07, 6.45) is 66.8. The van der Waals surface area contributed by atoms with Crippen molar-refractivity contribution in [2.75, 3.05) is 47.5 Å². The Kier molecular flexibility index (Phi) is 49.5. The number of ether oxygens (including phenoxy) is 2. The van der Waals surface area contributed by atoms with E-state index in [2.05, 4.69) is 86.8 Å². The summed E-state index contributed by atoms with van der Waals surface area (Å²) < 4.78 is 34.0. The Hall–Kier alpha value is -2.55. The molecule has 0 fully saturated rings. The number of phosphoric acid groups is 1. The molecule has 0 amide bonds. The van der Waals surface area contributed by atoms with Gasteiger partial charge in [0.15, 0.2) is 6.10 Å². The van der Waals surface area contributed by atoms with Crippen molar-refractivity contribution in [3.05, 3.63) is 72.9 Å². The predicted octanol–water partition coefficient (Wildman–Crippen LogP) is 17.1. The third-order valence-corrected chi connectivity index (χ3v) is 13.2. The number of allylic oxidation sites excluding steroid dienone is 12. The van der Waals surface area contributed by atoms with E-state index in [0.717, 1.165) is 77.0 Å². The lowest BCUT2D eigenvalue weighted by atomic mass is 10.0. The van der Waals surface area contributed by atoms with E-state index >= 15 is 0 Å². The molecule has 0 aromatic carbocycles. The van der Waals surface area contributed by atoms with E-state index in [-0.39, 0.29) is 32.0 Å². The van der Waals surface area contributed by atoms with Crippen molar-refractivity contribution >= 4 is 19.8 Å². The van der Waals surface area contributed by atoms with Gasteiger partial charge in [-0.05, 0) is 64.2 Å². The van der Waals surface area contributed by atoms with Gasteiger partial charge in [0, 0.05) is 12.8 Å². The van der Waals surface area contributed by atoms with Crippen LogP contribution < -0.4 is 4.89 Å². The van der Waals surface area contributed by atoms with Crippen LogP contribution in [0.1, 0.15) is 245 Å². The molecule has 0 spiro atoms. The molecule has 0 rings (SSSR count). The molecule has 0 radical (unpaired) electrons. The van der Waals surface area contributed by atoms with Crippen LogP contribution in [-0.2, 0) is 32.7 Å². The Balaban J connectivity index is 3.99. The zero-order valence-corrected chi connectivity index (χ0v) is 46.8. The van der Waals surface area contributed by atoms with E-state index in [4.69, 9.17) is 18.5 Å². The second kappa shape index (κ2) is 51.4. The Morgan fingerprint density at radius 1 is 0.457 bits per heavy atom. The lowest BCUT2D eigenvalue weighted by molar-refractivity contribution is -0.870. The van der Waals surface area contributed by atoms with Crippen molar-refractivity contribution in [3.8, 4) is 0 Å². The molecule has 0 heterocycles. The molecular weight excluding hydrogens is 894 g/mol. The van der Waals surface area contributed by atoms with E-state index in [1.165, 1.54) is 135 Å². The van der Waals surface area contributed by atoms with E-state index < -0.39 is 26.5 Å². The van der Waals surface area contributed by atoms with Crippen molar-refractivity contribution in [2.45, 2.75) is 251 Å². The first-order valence-corrected chi connectivity index (χ1v) is 30.1. The number of unbranched alkanes of at least 4 members (excludes halogenated alkanes) is 26. The highest BCUT2D eigenvalue weighted by molar-refractivity contribution is 7.45. The predicted molar refractivity (Wildman–Crippen MR) is 296 cm³/mol. The SMILES string of the molecule is CC/C=C\C/C=C\C/C=C\C/C=C\C/C=C\C/C=C\CCCCCCCCCCCCCCCCCCC(=O)OC(COC(=O)CCCCCCCCCCCCC)COP(=O)([O-])OCC[N+](C)(C)C. The maximum Gasteiger partial charge on any atom is 0.306 e. The van der Waals surface area contributed by atoms with Crippen molar-refractivity contribution < 1.29 is 42.1 Å². The zero-order valence-electron chi connectivity index (χ0n) is 46.0. The van der Waals surface area contributed by atoms with Gasteiger partial charge in [-0.1, -0.05) is 241 Å². The largest absolute Gasteiger partial charge is 0.756 e. The molecule has 0 saturated carbocycles. The van der Waals surface area contributed by atoms with Gasteiger partial charge < -0.3 is 27.9 Å². The highest BCUT2D eigenvalue weighted by Gasteiger charge is 2.21. The van der Waals surface area contributed by atoms with E-state index in [9.17, 15) is 19.0 Å². The third-order valence-electron chi connectivity index (χ3n) is 12.2. The van der Waals surface area contributed by atoms with Crippen LogP contribution in [0.3, 0.4) is 0 Å². The smallest absolute Gasteiger partial charge is 0.306 e. The second-order valence-electron chi connectivity index (χ2n) is 20.3. The number of esters is 2. The summed E-state index contributed by atoms with van der Waals surface area (Å²) >= 11 is 0. The number of hydrogen-bond acceptors (Lipinski definition) is 8. The summed E-state index contributed by atoms with van der Waals surface area (Å²) in [5.41, 5.74) is 0. The lowest BCUT2D eigenvalue weighted by Gasteiger charge is -2.28.